The fraction of sp³-hybridized carbons (Fsp3) is 0.348. The molecule has 2 amide bonds. The van der Waals surface area contributed by atoms with Crippen molar-refractivity contribution in [3.05, 3.63) is 58.1 Å². The second-order valence-corrected chi connectivity index (χ2v) is 8.06. The molecule has 2 aromatic carbocycles. The molecule has 176 valence electrons. The number of rotatable bonds is 6. The van der Waals surface area contributed by atoms with E-state index >= 15 is 0 Å². The van der Waals surface area contributed by atoms with E-state index in [1.165, 1.54) is 12.0 Å². The van der Waals surface area contributed by atoms with Gasteiger partial charge in [-0.05, 0) is 43.5 Å². The Bertz CT molecular complexity index is 1070. The predicted octanol–water partition coefficient (Wildman–Crippen LogP) is 3.97. The molecule has 0 radical (unpaired) electrons. The van der Waals surface area contributed by atoms with E-state index < -0.39 is 41.9 Å². The molecule has 1 aliphatic heterocycles. The first-order valence-corrected chi connectivity index (χ1v) is 10.6. The number of likely N-dealkylation sites (tertiary alicyclic amines) is 1. The second-order valence-electron chi connectivity index (χ2n) is 7.65. The number of carbonyl (C=O) groups excluding carboxylic acids is 3. The van der Waals surface area contributed by atoms with E-state index in [1.54, 1.807) is 19.1 Å². The molecule has 3 rings (SSSR count). The van der Waals surface area contributed by atoms with Gasteiger partial charge in [-0.3, -0.25) is 14.4 Å². The number of carbonyl (C=O) groups is 3. The Morgan fingerprint density at radius 3 is 2.48 bits per heavy atom. The Balaban J connectivity index is 1.49. The van der Waals surface area contributed by atoms with Gasteiger partial charge in [0.25, 0.3) is 11.8 Å². The van der Waals surface area contributed by atoms with Crippen molar-refractivity contribution < 1.29 is 32.6 Å². The minimum atomic E-state index is -0.931. The van der Waals surface area contributed by atoms with Crippen molar-refractivity contribution in [2.75, 3.05) is 32.1 Å². The lowest BCUT2D eigenvalue weighted by molar-refractivity contribution is -0.152. The fourth-order valence-corrected chi connectivity index (χ4v) is 3.68. The number of amides is 2. The molecule has 33 heavy (non-hydrogen) atoms. The summed E-state index contributed by atoms with van der Waals surface area (Å²) >= 11 is 6.05. The number of nitrogens with zero attached hydrogens (tertiary/aromatic N) is 1. The van der Waals surface area contributed by atoms with Crippen molar-refractivity contribution in [1.82, 2.24) is 4.90 Å². The van der Waals surface area contributed by atoms with Gasteiger partial charge in [0, 0.05) is 30.2 Å². The molecule has 0 saturated carbocycles. The van der Waals surface area contributed by atoms with Crippen LogP contribution in [-0.2, 0) is 14.3 Å². The quantitative estimate of drug-likeness (QED) is 0.632. The van der Waals surface area contributed by atoms with Crippen LogP contribution in [0.3, 0.4) is 0 Å². The van der Waals surface area contributed by atoms with Crippen molar-refractivity contribution in [3.8, 4) is 5.75 Å². The normalized spacial score (nSPS) is 14.0. The number of ether oxygens (including phenoxy) is 2. The highest BCUT2D eigenvalue weighted by atomic mass is 35.5. The second kappa shape index (κ2) is 10.6. The van der Waals surface area contributed by atoms with Gasteiger partial charge in [-0.25, -0.2) is 8.78 Å². The smallest absolute Gasteiger partial charge is 0.309 e. The molecule has 1 saturated heterocycles. The highest BCUT2D eigenvalue weighted by Gasteiger charge is 2.30. The van der Waals surface area contributed by atoms with Gasteiger partial charge in [-0.15, -0.1) is 0 Å². The molecule has 7 nitrogen and oxygen atoms in total. The third-order valence-corrected chi connectivity index (χ3v) is 5.78. The van der Waals surface area contributed by atoms with Crippen LogP contribution in [0.2, 0.25) is 5.02 Å². The number of benzene rings is 2. The first-order chi connectivity index (χ1) is 15.7. The molecule has 0 atom stereocenters. The standard InChI is InChI=1S/C23H23ClF2N2O5/c1-13-9-19(20(32-2)11-17(13)24)27-21(29)12-33-23(31)14-5-7-28(8-6-14)22(30)16-4-3-15(25)10-18(16)26/h3-4,9-11,14H,5-8,12H2,1-2H3,(H,27,29). The van der Waals surface area contributed by atoms with Gasteiger partial charge in [0.05, 0.1) is 24.3 Å². The summed E-state index contributed by atoms with van der Waals surface area (Å²) < 4.78 is 37.3. The average Bonchev–Trinajstić information content (AvgIpc) is 2.79. The summed E-state index contributed by atoms with van der Waals surface area (Å²) in [5.74, 6) is -3.47. The summed E-state index contributed by atoms with van der Waals surface area (Å²) in [5.41, 5.74) is 0.925. The van der Waals surface area contributed by atoms with Crippen LogP contribution in [0, 0.1) is 24.5 Å². The molecule has 0 unspecified atom stereocenters. The van der Waals surface area contributed by atoms with Crippen LogP contribution >= 0.6 is 11.6 Å². The molecule has 0 aromatic heterocycles. The number of anilines is 1. The number of aryl methyl sites for hydroxylation is 1. The zero-order chi connectivity index (χ0) is 24.1. The van der Waals surface area contributed by atoms with Crippen molar-refractivity contribution >= 4 is 35.1 Å². The van der Waals surface area contributed by atoms with Crippen LogP contribution in [0.5, 0.6) is 5.75 Å². The lowest BCUT2D eigenvalue weighted by atomic mass is 9.96. The molecule has 0 aliphatic carbocycles. The average molecular weight is 481 g/mol. The lowest BCUT2D eigenvalue weighted by Gasteiger charge is -2.31. The van der Waals surface area contributed by atoms with E-state index in [9.17, 15) is 23.2 Å². The van der Waals surface area contributed by atoms with Gasteiger partial charge in [0.15, 0.2) is 6.61 Å². The first kappa shape index (κ1) is 24.4. The summed E-state index contributed by atoms with van der Waals surface area (Å²) in [6.07, 6.45) is 0.610. The molecule has 1 aliphatic rings. The van der Waals surface area contributed by atoms with E-state index in [1.807, 2.05) is 0 Å². The van der Waals surface area contributed by atoms with Crippen molar-refractivity contribution in [2.24, 2.45) is 5.92 Å². The van der Waals surface area contributed by atoms with Gasteiger partial charge in [0.2, 0.25) is 0 Å². The number of hydrogen-bond donors (Lipinski definition) is 1. The zero-order valence-electron chi connectivity index (χ0n) is 18.1. The monoisotopic (exact) mass is 480 g/mol. The lowest BCUT2D eigenvalue weighted by Crippen LogP contribution is -2.41. The topological polar surface area (TPSA) is 84.9 Å². The molecule has 0 bridgehead atoms. The highest BCUT2D eigenvalue weighted by molar-refractivity contribution is 6.31. The van der Waals surface area contributed by atoms with Crippen LogP contribution in [0.15, 0.2) is 30.3 Å². The molecule has 10 heteroatoms. The Hall–Kier alpha value is -3.20. The Morgan fingerprint density at radius 2 is 1.85 bits per heavy atom. The molecule has 1 fully saturated rings. The first-order valence-electron chi connectivity index (χ1n) is 10.2. The van der Waals surface area contributed by atoms with Crippen molar-refractivity contribution in [3.63, 3.8) is 0 Å². The number of hydrogen-bond acceptors (Lipinski definition) is 5. The van der Waals surface area contributed by atoms with Crippen LogP contribution in [0.25, 0.3) is 0 Å². The van der Waals surface area contributed by atoms with Crippen molar-refractivity contribution in [2.45, 2.75) is 19.8 Å². The molecule has 1 N–H and O–H groups in total. The third kappa shape index (κ3) is 5.98. The summed E-state index contributed by atoms with van der Waals surface area (Å²) in [5, 5.41) is 3.11. The number of esters is 1. The van der Waals surface area contributed by atoms with E-state index in [-0.39, 0.29) is 18.7 Å². The van der Waals surface area contributed by atoms with Gasteiger partial charge >= 0.3 is 5.97 Å². The summed E-state index contributed by atoms with van der Waals surface area (Å²) in [7, 11) is 1.44. The third-order valence-electron chi connectivity index (χ3n) is 5.38. The van der Waals surface area contributed by atoms with Crippen LogP contribution < -0.4 is 10.1 Å². The summed E-state index contributed by atoms with van der Waals surface area (Å²) in [4.78, 5) is 38.5. The van der Waals surface area contributed by atoms with Crippen molar-refractivity contribution in [1.29, 1.82) is 0 Å². The molecular weight excluding hydrogens is 458 g/mol. The highest BCUT2D eigenvalue weighted by Crippen LogP contribution is 2.31. The summed E-state index contributed by atoms with van der Waals surface area (Å²) in [6.45, 7) is 1.72. The maximum absolute atomic E-state index is 13.9. The molecule has 2 aromatic rings. The number of piperidine rings is 1. The predicted molar refractivity (Wildman–Crippen MR) is 117 cm³/mol. The van der Waals surface area contributed by atoms with Crippen LogP contribution in [0.4, 0.5) is 14.5 Å². The van der Waals surface area contributed by atoms with E-state index in [4.69, 9.17) is 21.1 Å². The minimum absolute atomic E-state index is 0.211. The van der Waals surface area contributed by atoms with E-state index in [0.717, 1.165) is 17.7 Å². The number of halogens is 3. The Kier molecular flexibility index (Phi) is 7.86. The van der Waals surface area contributed by atoms with Gasteiger partial charge in [-0.1, -0.05) is 11.6 Å². The Labute approximate surface area is 194 Å². The van der Waals surface area contributed by atoms with Crippen LogP contribution in [-0.4, -0.2) is 49.5 Å². The van der Waals surface area contributed by atoms with Crippen LogP contribution in [0.1, 0.15) is 28.8 Å². The van der Waals surface area contributed by atoms with Gasteiger partial charge < -0.3 is 19.7 Å². The van der Waals surface area contributed by atoms with Gasteiger partial charge in [0.1, 0.15) is 17.4 Å². The maximum Gasteiger partial charge on any atom is 0.309 e. The molecular formula is C23H23ClF2N2O5. The number of nitrogens with one attached hydrogen (secondary N) is 1. The summed E-state index contributed by atoms with van der Waals surface area (Å²) in [6, 6.07) is 6.00. The zero-order valence-corrected chi connectivity index (χ0v) is 18.9. The van der Waals surface area contributed by atoms with E-state index in [2.05, 4.69) is 5.32 Å². The minimum Gasteiger partial charge on any atom is -0.495 e. The SMILES string of the molecule is COc1cc(Cl)c(C)cc1NC(=O)COC(=O)C1CCN(C(=O)c2ccc(F)cc2F)CC1. The van der Waals surface area contributed by atoms with E-state index in [0.29, 0.717) is 35.4 Å². The molecule has 0 spiro atoms. The Morgan fingerprint density at radius 1 is 1.15 bits per heavy atom. The number of methoxy groups -OCH3 is 1. The largest absolute Gasteiger partial charge is 0.495 e. The van der Waals surface area contributed by atoms with Gasteiger partial charge in [-0.2, -0.15) is 0 Å². The maximum atomic E-state index is 13.9. The molecule has 1 heterocycles. The fourth-order valence-electron chi connectivity index (χ4n) is 3.52.